The van der Waals surface area contributed by atoms with Crippen molar-refractivity contribution in [3.05, 3.63) is 53.6 Å². The molecule has 0 aliphatic carbocycles. The molecule has 2 aromatic rings. The molecule has 0 heterocycles. The van der Waals surface area contributed by atoms with Crippen LogP contribution in [0.5, 0.6) is 0 Å². The maximum atomic E-state index is 13.0. The van der Waals surface area contributed by atoms with Crippen molar-refractivity contribution < 1.29 is 17.9 Å². The number of benzene rings is 2. The SMILES string of the molecule is COC(=O)CN(c1cccc(Cl)c1)S(=O)(=O)c1ccc(SC)cc1. The number of esters is 1. The predicted octanol–water partition coefficient (Wildman–Crippen LogP) is 3.43. The fourth-order valence-electron chi connectivity index (χ4n) is 2.00. The summed E-state index contributed by atoms with van der Waals surface area (Å²) in [6.45, 7) is -0.441. The Morgan fingerprint density at radius 1 is 1.21 bits per heavy atom. The van der Waals surface area contributed by atoms with Crippen molar-refractivity contribution in [2.75, 3.05) is 24.2 Å². The van der Waals surface area contributed by atoms with Gasteiger partial charge in [-0.1, -0.05) is 17.7 Å². The van der Waals surface area contributed by atoms with Gasteiger partial charge >= 0.3 is 5.97 Å². The van der Waals surface area contributed by atoms with Gasteiger partial charge in [-0.3, -0.25) is 9.10 Å². The highest BCUT2D eigenvalue weighted by molar-refractivity contribution is 7.98. The van der Waals surface area contributed by atoms with Gasteiger partial charge in [0.05, 0.1) is 17.7 Å². The van der Waals surface area contributed by atoms with Gasteiger partial charge in [0, 0.05) is 9.92 Å². The highest BCUT2D eigenvalue weighted by Crippen LogP contribution is 2.27. The van der Waals surface area contributed by atoms with Gasteiger partial charge in [-0.2, -0.15) is 0 Å². The molecule has 128 valence electrons. The molecule has 0 aromatic heterocycles. The van der Waals surface area contributed by atoms with E-state index >= 15 is 0 Å². The number of methoxy groups -OCH3 is 1. The van der Waals surface area contributed by atoms with Crippen LogP contribution in [0.1, 0.15) is 0 Å². The van der Waals surface area contributed by atoms with Crippen LogP contribution >= 0.6 is 23.4 Å². The summed E-state index contributed by atoms with van der Waals surface area (Å²) < 4.78 is 31.5. The molecule has 2 rings (SSSR count). The Balaban J connectivity index is 2.49. The van der Waals surface area contributed by atoms with Crippen LogP contribution in [-0.4, -0.2) is 34.3 Å². The van der Waals surface area contributed by atoms with Crippen molar-refractivity contribution in [2.24, 2.45) is 0 Å². The summed E-state index contributed by atoms with van der Waals surface area (Å²) in [7, 11) is -2.73. The molecule has 0 atom stereocenters. The molecule has 0 unspecified atom stereocenters. The number of halogens is 1. The van der Waals surface area contributed by atoms with E-state index < -0.39 is 22.5 Å². The Morgan fingerprint density at radius 2 is 1.88 bits per heavy atom. The third kappa shape index (κ3) is 4.23. The number of carbonyl (C=O) groups is 1. The molecule has 0 aliphatic heterocycles. The van der Waals surface area contributed by atoms with Crippen molar-refractivity contribution in [1.82, 2.24) is 0 Å². The molecule has 24 heavy (non-hydrogen) atoms. The molecular weight excluding hydrogens is 370 g/mol. The first-order chi connectivity index (χ1) is 11.4. The lowest BCUT2D eigenvalue weighted by molar-refractivity contribution is -0.138. The van der Waals surface area contributed by atoms with Crippen molar-refractivity contribution in [3.8, 4) is 0 Å². The number of hydrogen-bond acceptors (Lipinski definition) is 5. The first-order valence-electron chi connectivity index (χ1n) is 6.87. The molecular formula is C16H16ClNO4S2. The average Bonchev–Trinajstić information content (AvgIpc) is 2.59. The van der Waals surface area contributed by atoms with Gasteiger partial charge in [0.1, 0.15) is 6.54 Å². The Labute approximate surface area is 150 Å². The Hall–Kier alpha value is -1.70. The molecule has 0 amide bonds. The first-order valence-corrected chi connectivity index (χ1v) is 9.92. The summed E-state index contributed by atoms with van der Waals surface area (Å²) in [5.74, 6) is -0.667. The zero-order valence-corrected chi connectivity index (χ0v) is 15.5. The lowest BCUT2D eigenvalue weighted by Gasteiger charge is -2.23. The van der Waals surface area contributed by atoms with E-state index in [2.05, 4.69) is 4.74 Å². The minimum atomic E-state index is -3.94. The number of nitrogens with zero attached hydrogens (tertiary/aromatic N) is 1. The number of anilines is 1. The summed E-state index contributed by atoms with van der Waals surface area (Å²) in [6.07, 6.45) is 1.90. The third-order valence-electron chi connectivity index (χ3n) is 3.24. The van der Waals surface area contributed by atoms with Crippen molar-refractivity contribution in [2.45, 2.75) is 9.79 Å². The fraction of sp³-hybridized carbons (Fsp3) is 0.188. The third-order valence-corrected chi connectivity index (χ3v) is 6.01. The predicted molar refractivity (Wildman–Crippen MR) is 96.2 cm³/mol. The molecule has 0 aliphatic rings. The number of ether oxygens (including phenoxy) is 1. The van der Waals surface area contributed by atoms with E-state index in [9.17, 15) is 13.2 Å². The molecule has 8 heteroatoms. The molecule has 0 radical (unpaired) electrons. The lowest BCUT2D eigenvalue weighted by atomic mass is 10.3. The molecule has 5 nitrogen and oxygen atoms in total. The van der Waals surface area contributed by atoms with E-state index in [1.54, 1.807) is 30.3 Å². The molecule has 0 bridgehead atoms. The molecule has 0 N–H and O–H groups in total. The van der Waals surface area contributed by atoms with Crippen molar-refractivity contribution >= 4 is 45.0 Å². The van der Waals surface area contributed by atoms with E-state index in [1.165, 1.54) is 37.1 Å². The minimum Gasteiger partial charge on any atom is -0.468 e. The highest BCUT2D eigenvalue weighted by atomic mass is 35.5. The quantitative estimate of drug-likeness (QED) is 0.563. The normalized spacial score (nSPS) is 11.1. The number of rotatable bonds is 6. The second kappa shape index (κ2) is 7.92. The molecule has 0 saturated heterocycles. The van der Waals surface area contributed by atoms with Crippen LogP contribution in [0.3, 0.4) is 0 Å². The van der Waals surface area contributed by atoms with Gasteiger partial charge in [-0.05, 0) is 48.7 Å². The molecule has 0 saturated carbocycles. The van der Waals surface area contributed by atoms with E-state index in [0.717, 1.165) is 9.20 Å². The van der Waals surface area contributed by atoms with Crippen molar-refractivity contribution in [3.63, 3.8) is 0 Å². The maximum Gasteiger partial charge on any atom is 0.326 e. The van der Waals surface area contributed by atoms with Crippen LogP contribution in [0.2, 0.25) is 5.02 Å². The van der Waals surface area contributed by atoms with Crippen LogP contribution < -0.4 is 4.31 Å². The van der Waals surface area contributed by atoms with Crippen LogP contribution in [0.4, 0.5) is 5.69 Å². The maximum absolute atomic E-state index is 13.0. The molecule has 0 spiro atoms. The van der Waals surface area contributed by atoms with Crippen LogP contribution in [0.15, 0.2) is 58.3 Å². The van der Waals surface area contributed by atoms with Gasteiger partial charge in [-0.25, -0.2) is 8.42 Å². The van der Waals surface area contributed by atoms with Crippen LogP contribution in [0.25, 0.3) is 0 Å². The van der Waals surface area contributed by atoms with Gasteiger partial charge in [0.2, 0.25) is 0 Å². The van der Waals surface area contributed by atoms with Crippen molar-refractivity contribution in [1.29, 1.82) is 0 Å². The second-order valence-electron chi connectivity index (χ2n) is 4.74. The smallest absolute Gasteiger partial charge is 0.326 e. The number of carbonyl (C=O) groups excluding carboxylic acids is 1. The Bertz CT molecular complexity index is 822. The van der Waals surface area contributed by atoms with Crippen LogP contribution in [-0.2, 0) is 19.6 Å². The molecule has 2 aromatic carbocycles. The van der Waals surface area contributed by atoms with Gasteiger partial charge in [-0.15, -0.1) is 11.8 Å². The minimum absolute atomic E-state index is 0.0872. The lowest BCUT2D eigenvalue weighted by Crippen LogP contribution is -2.36. The second-order valence-corrected chi connectivity index (χ2v) is 7.92. The van der Waals surface area contributed by atoms with E-state index in [0.29, 0.717) is 10.7 Å². The standard InChI is InChI=1S/C16H16ClNO4S2/c1-22-16(19)11-18(13-5-3-4-12(17)10-13)24(20,21)15-8-6-14(23-2)7-9-15/h3-10H,11H2,1-2H3. The zero-order chi connectivity index (χ0) is 17.7. The van der Waals surface area contributed by atoms with Gasteiger partial charge < -0.3 is 4.74 Å². The number of hydrogen-bond donors (Lipinski definition) is 0. The monoisotopic (exact) mass is 385 g/mol. The van der Waals surface area contributed by atoms with Crippen LogP contribution in [0, 0.1) is 0 Å². The largest absolute Gasteiger partial charge is 0.468 e. The van der Waals surface area contributed by atoms with Gasteiger partial charge in [0.25, 0.3) is 10.0 Å². The summed E-state index contributed by atoms with van der Waals surface area (Å²) in [4.78, 5) is 12.7. The highest BCUT2D eigenvalue weighted by Gasteiger charge is 2.27. The average molecular weight is 386 g/mol. The van der Waals surface area contributed by atoms with E-state index in [4.69, 9.17) is 11.6 Å². The number of thioether (sulfide) groups is 1. The topological polar surface area (TPSA) is 63.7 Å². The zero-order valence-electron chi connectivity index (χ0n) is 13.1. The molecule has 0 fully saturated rings. The van der Waals surface area contributed by atoms with E-state index in [-0.39, 0.29) is 4.90 Å². The Kier molecular flexibility index (Phi) is 6.15. The first kappa shape index (κ1) is 18.6. The summed E-state index contributed by atoms with van der Waals surface area (Å²) in [5, 5.41) is 0.371. The van der Waals surface area contributed by atoms with E-state index in [1.807, 2.05) is 6.26 Å². The summed E-state index contributed by atoms with van der Waals surface area (Å²) in [6, 6.07) is 12.8. The fourth-order valence-corrected chi connectivity index (χ4v) is 4.00. The summed E-state index contributed by atoms with van der Waals surface area (Å²) in [5.41, 5.74) is 0.293. The number of sulfonamides is 1. The summed E-state index contributed by atoms with van der Waals surface area (Å²) >= 11 is 7.46. The van der Waals surface area contributed by atoms with Gasteiger partial charge in [0.15, 0.2) is 0 Å². The Morgan fingerprint density at radius 3 is 2.42 bits per heavy atom.